The number of rotatable bonds is 11. The summed E-state index contributed by atoms with van der Waals surface area (Å²) in [6.45, 7) is 1.92. The lowest BCUT2D eigenvalue weighted by Crippen LogP contribution is -2.39. The van der Waals surface area contributed by atoms with Crippen molar-refractivity contribution in [3.63, 3.8) is 0 Å². The van der Waals surface area contributed by atoms with Crippen LogP contribution in [0.25, 0.3) is 0 Å². The van der Waals surface area contributed by atoms with Crippen molar-refractivity contribution < 1.29 is 29.2 Å². The monoisotopic (exact) mass is 397 g/mol. The van der Waals surface area contributed by atoms with Crippen molar-refractivity contribution in [3.8, 4) is 17.2 Å². The fraction of sp³-hybridized carbons (Fsp3) is 0.316. The summed E-state index contributed by atoms with van der Waals surface area (Å²) in [6.07, 6.45) is -1.000. The van der Waals surface area contributed by atoms with Crippen molar-refractivity contribution in [1.82, 2.24) is 5.32 Å². The number of carboxylic acids is 1. The van der Waals surface area contributed by atoms with Gasteiger partial charge in [0.1, 0.15) is 36.2 Å². The van der Waals surface area contributed by atoms with Gasteiger partial charge < -0.3 is 24.4 Å². The fourth-order valence-electron chi connectivity index (χ4n) is 2.08. The first kappa shape index (κ1) is 22.6. The lowest BCUT2D eigenvalue weighted by molar-refractivity contribution is -0.139. The third-order valence-corrected chi connectivity index (χ3v) is 3.33. The van der Waals surface area contributed by atoms with E-state index in [0.29, 0.717) is 23.8 Å². The molecule has 3 N–H and O–H groups in total. The molecule has 0 fully saturated rings. The van der Waals surface area contributed by atoms with Crippen LogP contribution >= 0.6 is 12.4 Å². The van der Waals surface area contributed by atoms with E-state index in [9.17, 15) is 9.90 Å². The van der Waals surface area contributed by atoms with Gasteiger partial charge in [-0.1, -0.05) is 18.2 Å². The van der Waals surface area contributed by atoms with Gasteiger partial charge in [-0.25, -0.2) is 4.79 Å². The topological polar surface area (TPSA) is 97.3 Å². The number of ether oxygens (including phenoxy) is 3. The van der Waals surface area contributed by atoms with Gasteiger partial charge in [0.15, 0.2) is 6.61 Å². The molecule has 2 aromatic rings. The highest BCUT2D eigenvalue weighted by molar-refractivity contribution is 5.85. The number of benzene rings is 2. The molecule has 0 bridgehead atoms. The number of aliphatic hydroxyl groups is 1. The zero-order valence-electron chi connectivity index (χ0n) is 14.9. The maximum Gasteiger partial charge on any atom is 0.341 e. The van der Waals surface area contributed by atoms with Gasteiger partial charge in [-0.3, -0.25) is 5.32 Å². The SMILES string of the molecule is C[C@@H](NC[C@H](O)COc1ccccc1)Oc1ccc(OCC(=O)O)cc1.Cl. The molecule has 0 aromatic heterocycles. The first-order valence-corrected chi connectivity index (χ1v) is 8.23. The van der Waals surface area contributed by atoms with Gasteiger partial charge in [-0.2, -0.15) is 0 Å². The molecule has 0 aliphatic rings. The van der Waals surface area contributed by atoms with Gasteiger partial charge in [-0.05, 0) is 43.3 Å². The molecule has 0 saturated heterocycles. The highest BCUT2D eigenvalue weighted by atomic mass is 35.5. The summed E-state index contributed by atoms with van der Waals surface area (Å²) in [5.41, 5.74) is 0. The summed E-state index contributed by atoms with van der Waals surface area (Å²) in [4.78, 5) is 10.5. The summed E-state index contributed by atoms with van der Waals surface area (Å²) in [5, 5.41) is 21.6. The Morgan fingerprint density at radius 1 is 1.00 bits per heavy atom. The Labute approximate surface area is 164 Å². The van der Waals surface area contributed by atoms with Crippen molar-refractivity contribution >= 4 is 18.4 Å². The largest absolute Gasteiger partial charge is 0.491 e. The Morgan fingerprint density at radius 2 is 1.59 bits per heavy atom. The first-order chi connectivity index (χ1) is 12.5. The van der Waals surface area contributed by atoms with E-state index in [1.807, 2.05) is 37.3 Å². The number of carboxylic acid groups (broad SMARTS) is 1. The van der Waals surface area contributed by atoms with Gasteiger partial charge in [0.2, 0.25) is 0 Å². The highest BCUT2D eigenvalue weighted by Gasteiger charge is 2.09. The average Bonchev–Trinajstić information content (AvgIpc) is 2.65. The van der Waals surface area contributed by atoms with E-state index < -0.39 is 12.1 Å². The van der Waals surface area contributed by atoms with E-state index in [2.05, 4.69) is 5.32 Å². The van der Waals surface area contributed by atoms with Crippen LogP contribution in [0.4, 0.5) is 0 Å². The molecule has 148 valence electrons. The Hall–Kier alpha value is -2.48. The van der Waals surface area contributed by atoms with Gasteiger partial charge >= 0.3 is 5.97 Å². The number of aliphatic carboxylic acids is 1. The van der Waals surface area contributed by atoms with Crippen molar-refractivity contribution in [3.05, 3.63) is 54.6 Å². The van der Waals surface area contributed by atoms with Crippen LogP contribution in [0.1, 0.15) is 6.92 Å². The van der Waals surface area contributed by atoms with E-state index in [-0.39, 0.29) is 31.8 Å². The standard InChI is InChI=1S/C19H23NO6.ClH/c1-14(20-11-15(21)12-24-16-5-3-2-4-6-16)26-18-9-7-17(8-10-18)25-13-19(22)23;/h2-10,14-15,20-21H,11-13H2,1H3,(H,22,23);1H/t14-,15-;/m0./s1. The van der Waals surface area contributed by atoms with E-state index >= 15 is 0 Å². The summed E-state index contributed by atoms with van der Waals surface area (Å²) in [6, 6.07) is 15.9. The predicted octanol–water partition coefficient (Wildman–Crippen LogP) is 2.33. The normalized spacial score (nSPS) is 12.4. The van der Waals surface area contributed by atoms with Crippen LogP contribution in [0.3, 0.4) is 0 Å². The average molecular weight is 398 g/mol. The minimum Gasteiger partial charge on any atom is -0.491 e. The van der Waals surface area contributed by atoms with Crippen LogP contribution in [0.15, 0.2) is 54.6 Å². The number of hydrogen-bond donors (Lipinski definition) is 3. The Bertz CT molecular complexity index is 668. The molecule has 2 atom stereocenters. The second-order valence-electron chi connectivity index (χ2n) is 5.60. The van der Waals surface area contributed by atoms with E-state index in [4.69, 9.17) is 19.3 Å². The number of halogens is 1. The number of para-hydroxylation sites is 1. The third kappa shape index (κ3) is 9.14. The van der Waals surface area contributed by atoms with Crippen LogP contribution in [0, 0.1) is 0 Å². The zero-order valence-corrected chi connectivity index (χ0v) is 15.7. The fourth-order valence-corrected chi connectivity index (χ4v) is 2.08. The molecule has 0 radical (unpaired) electrons. The molecular weight excluding hydrogens is 374 g/mol. The molecule has 7 nitrogen and oxygen atoms in total. The summed E-state index contributed by atoms with van der Waals surface area (Å²) >= 11 is 0. The minimum absolute atomic E-state index is 0. The van der Waals surface area contributed by atoms with Crippen LogP contribution in [-0.2, 0) is 4.79 Å². The lowest BCUT2D eigenvalue weighted by atomic mass is 10.3. The molecule has 2 aromatic carbocycles. The van der Waals surface area contributed by atoms with Crippen LogP contribution in [-0.4, -0.2) is 48.3 Å². The summed E-state index contributed by atoms with van der Waals surface area (Å²) in [7, 11) is 0. The van der Waals surface area contributed by atoms with Crippen LogP contribution in [0.2, 0.25) is 0 Å². The molecule has 0 aliphatic heterocycles. The lowest BCUT2D eigenvalue weighted by Gasteiger charge is -2.19. The van der Waals surface area contributed by atoms with Crippen molar-refractivity contribution in [2.75, 3.05) is 19.8 Å². The Kier molecular flexibility index (Phi) is 10.0. The minimum atomic E-state index is -1.03. The molecular formula is C19H24ClNO6. The van der Waals surface area contributed by atoms with E-state index in [0.717, 1.165) is 0 Å². The second kappa shape index (κ2) is 12.0. The smallest absolute Gasteiger partial charge is 0.341 e. The maximum absolute atomic E-state index is 10.5. The molecule has 0 saturated carbocycles. The Balaban J connectivity index is 0.00000364. The van der Waals surface area contributed by atoms with Crippen molar-refractivity contribution in [1.29, 1.82) is 0 Å². The first-order valence-electron chi connectivity index (χ1n) is 8.23. The number of nitrogens with one attached hydrogen (secondary N) is 1. The number of carbonyl (C=O) groups is 1. The van der Waals surface area contributed by atoms with Crippen molar-refractivity contribution in [2.45, 2.75) is 19.3 Å². The third-order valence-electron chi connectivity index (χ3n) is 3.33. The van der Waals surface area contributed by atoms with E-state index in [1.165, 1.54) is 0 Å². The quantitative estimate of drug-likeness (QED) is 0.500. The van der Waals surface area contributed by atoms with Gasteiger partial charge in [0, 0.05) is 6.54 Å². The second-order valence-corrected chi connectivity index (χ2v) is 5.60. The molecule has 2 rings (SSSR count). The van der Waals surface area contributed by atoms with Gasteiger partial charge in [0.25, 0.3) is 0 Å². The molecule has 0 amide bonds. The molecule has 27 heavy (non-hydrogen) atoms. The molecule has 0 heterocycles. The highest BCUT2D eigenvalue weighted by Crippen LogP contribution is 2.18. The number of aliphatic hydroxyl groups excluding tert-OH is 1. The van der Waals surface area contributed by atoms with Crippen LogP contribution < -0.4 is 19.5 Å². The van der Waals surface area contributed by atoms with Crippen LogP contribution in [0.5, 0.6) is 17.2 Å². The maximum atomic E-state index is 10.5. The molecule has 8 heteroatoms. The Morgan fingerprint density at radius 3 is 2.22 bits per heavy atom. The summed E-state index contributed by atoms with van der Waals surface area (Å²) < 4.78 is 16.2. The zero-order chi connectivity index (χ0) is 18.8. The van der Waals surface area contributed by atoms with Crippen molar-refractivity contribution in [2.24, 2.45) is 0 Å². The summed E-state index contributed by atoms with van der Waals surface area (Å²) in [5.74, 6) is 0.732. The predicted molar refractivity (Wildman–Crippen MR) is 103 cm³/mol. The van der Waals surface area contributed by atoms with Gasteiger partial charge in [0.05, 0.1) is 0 Å². The molecule has 0 aliphatic carbocycles. The molecule has 0 spiro atoms. The number of hydrogen-bond acceptors (Lipinski definition) is 6. The van der Waals surface area contributed by atoms with E-state index in [1.54, 1.807) is 24.3 Å². The molecule has 0 unspecified atom stereocenters. The van der Waals surface area contributed by atoms with Gasteiger partial charge in [-0.15, -0.1) is 12.4 Å².